The van der Waals surface area contributed by atoms with Crippen molar-refractivity contribution in [3.05, 3.63) is 45.1 Å². The van der Waals surface area contributed by atoms with E-state index in [-0.39, 0.29) is 32.1 Å². The average molecular weight is 542 g/mol. The number of anilines is 2. The summed E-state index contributed by atoms with van der Waals surface area (Å²) in [5, 5.41) is 18.9. The molecule has 0 saturated carbocycles. The summed E-state index contributed by atoms with van der Waals surface area (Å²) < 4.78 is 31.3. The first-order valence-corrected chi connectivity index (χ1v) is 13.1. The third-order valence-electron chi connectivity index (χ3n) is 7.12. The van der Waals surface area contributed by atoms with Gasteiger partial charge in [-0.15, -0.1) is 0 Å². The number of likely N-dealkylation sites (tertiary alicyclic amines) is 1. The van der Waals surface area contributed by atoms with E-state index in [0.29, 0.717) is 48.5 Å². The molecular weight excluding hydrogens is 511 g/mol. The van der Waals surface area contributed by atoms with E-state index in [1.54, 1.807) is 21.9 Å². The molecule has 36 heavy (non-hydrogen) atoms. The van der Waals surface area contributed by atoms with Crippen molar-refractivity contribution in [2.45, 2.75) is 44.3 Å². The van der Waals surface area contributed by atoms with Crippen molar-refractivity contribution in [2.75, 3.05) is 56.0 Å². The third kappa shape index (κ3) is 5.69. The molecule has 3 aliphatic heterocycles. The number of halogens is 4. The number of hydrogen-bond acceptors (Lipinski definition) is 8. The Morgan fingerprint density at radius 3 is 2.72 bits per heavy atom. The van der Waals surface area contributed by atoms with Gasteiger partial charge in [0.25, 0.3) is 5.92 Å². The van der Waals surface area contributed by atoms with E-state index in [1.165, 1.54) is 0 Å². The minimum atomic E-state index is -3.04. The van der Waals surface area contributed by atoms with Crippen molar-refractivity contribution in [3.8, 4) is 0 Å². The van der Waals surface area contributed by atoms with E-state index in [0.717, 1.165) is 41.3 Å². The van der Waals surface area contributed by atoms with Gasteiger partial charge in [-0.25, -0.2) is 13.8 Å². The lowest BCUT2D eigenvalue weighted by Crippen LogP contribution is -2.62. The van der Waals surface area contributed by atoms with Crippen LogP contribution in [0, 0.1) is 0 Å². The van der Waals surface area contributed by atoms with Gasteiger partial charge in [-0.2, -0.15) is 10.0 Å². The van der Waals surface area contributed by atoms with Crippen molar-refractivity contribution in [3.63, 3.8) is 0 Å². The minimum absolute atomic E-state index is 0.175. The summed E-state index contributed by atoms with van der Waals surface area (Å²) >= 11 is 12.4. The second-order valence-electron chi connectivity index (χ2n) is 9.68. The number of piperazine rings is 1. The van der Waals surface area contributed by atoms with Crippen LogP contribution in [0.4, 0.5) is 20.5 Å². The number of nitrogens with zero attached hydrogens (tertiary/aromatic N) is 5. The zero-order valence-corrected chi connectivity index (χ0v) is 21.5. The first-order chi connectivity index (χ1) is 17.3. The molecule has 2 saturated heterocycles. The Hall–Kier alpha value is -1.82. The molecule has 0 bridgehead atoms. The van der Waals surface area contributed by atoms with E-state index in [2.05, 4.69) is 10.6 Å². The topological polar surface area (TPSA) is 79.8 Å². The molecule has 1 aromatic heterocycles. The molecule has 1 aromatic carbocycles. The lowest BCUT2D eigenvalue weighted by Gasteiger charge is -2.43. The zero-order chi connectivity index (χ0) is 25.3. The lowest BCUT2D eigenvalue weighted by atomic mass is 10.0. The van der Waals surface area contributed by atoms with Crippen molar-refractivity contribution >= 4 is 35.0 Å². The molecule has 3 N–H and O–H groups in total. The van der Waals surface area contributed by atoms with Gasteiger partial charge in [-0.3, -0.25) is 4.90 Å². The van der Waals surface area contributed by atoms with Gasteiger partial charge >= 0.3 is 0 Å². The summed E-state index contributed by atoms with van der Waals surface area (Å²) in [5.41, 5.74) is 2.62. The number of aromatic nitrogens is 2. The Balaban J connectivity index is 1.44. The summed E-state index contributed by atoms with van der Waals surface area (Å²) in [5.74, 6) is -2.18. The average Bonchev–Trinajstić information content (AvgIpc) is 3.35. The van der Waals surface area contributed by atoms with Crippen molar-refractivity contribution < 1.29 is 14.0 Å². The quantitative estimate of drug-likeness (QED) is 0.490. The number of hydroxylamine groups is 2. The molecule has 5 rings (SSSR count). The van der Waals surface area contributed by atoms with Gasteiger partial charge in [0.1, 0.15) is 11.9 Å². The van der Waals surface area contributed by atoms with E-state index < -0.39 is 12.0 Å². The fraction of sp³-hybridized carbons (Fsp3) is 0.583. The smallest absolute Gasteiger partial charge is 0.281 e. The van der Waals surface area contributed by atoms with Crippen LogP contribution in [0.1, 0.15) is 29.7 Å². The highest BCUT2D eigenvalue weighted by molar-refractivity contribution is 6.35. The Bertz CT molecular complexity index is 1090. The summed E-state index contributed by atoms with van der Waals surface area (Å²) in [4.78, 5) is 12.9. The van der Waals surface area contributed by atoms with E-state index in [4.69, 9.17) is 33.2 Å². The molecule has 1 atom stereocenters. The molecule has 0 aliphatic carbocycles. The largest absolute Gasteiger partial charge is 0.365 e. The second-order valence-corrected chi connectivity index (χ2v) is 10.5. The van der Waals surface area contributed by atoms with E-state index in [9.17, 15) is 5.21 Å². The molecular formula is C24H31Cl2F2N7O. The first kappa shape index (κ1) is 25.8. The minimum Gasteiger partial charge on any atom is -0.365 e. The molecule has 0 amide bonds. The highest BCUT2D eigenvalue weighted by Gasteiger charge is 2.48. The van der Waals surface area contributed by atoms with Crippen LogP contribution in [-0.2, 0) is 19.5 Å². The summed E-state index contributed by atoms with van der Waals surface area (Å²) in [6.45, 7) is 3.03. The van der Waals surface area contributed by atoms with Crippen LogP contribution in [0.5, 0.6) is 0 Å². The van der Waals surface area contributed by atoms with Gasteiger partial charge in [0, 0.05) is 54.8 Å². The summed E-state index contributed by atoms with van der Waals surface area (Å²) in [7, 11) is 0. The molecule has 2 fully saturated rings. The Morgan fingerprint density at radius 2 is 1.94 bits per heavy atom. The van der Waals surface area contributed by atoms with Crippen LogP contribution in [0.2, 0.25) is 10.0 Å². The maximum atomic E-state index is 15.6. The van der Waals surface area contributed by atoms with Gasteiger partial charge in [0.05, 0.1) is 18.8 Å². The number of fused-ring (bicyclic) bond motifs is 1. The monoisotopic (exact) mass is 541 g/mol. The molecule has 12 heteroatoms. The molecule has 8 nitrogen and oxygen atoms in total. The number of alkyl halides is 2. The number of benzene rings is 1. The van der Waals surface area contributed by atoms with Crippen LogP contribution < -0.4 is 15.5 Å². The summed E-state index contributed by atoms with van der Waals surface area (Å²) in [6.07, 6.45) is 2.55. The second kappa shape index (κ2) is 10.9. The van der Waals surface area contributed by atoms with Gasteiger partial charge < -0.3 is 20.7 Å². The maximum Gasteiger partial charge on any atom is 0.281 e. The maximum absolute atomic E-state index is 15.6. The Labute approximate surface area is 219 Å². The molecule has 2 aromatic rings. The predicted molar refractivity (Wildman–Crippen MR) is 136 cm³/mol. The Kier molecular flexibility index (Phi) is 7.81. The van der Waals surface area contributed by atoms with Gasteiger partial charge in [-0.05, 0) is 43.6 Å². The van der Waals surface area contributed by atoms with Crippen LogP contribution in [-0.4, -0.2) is 82.9 Å². The van der Waals surface area contributed by atoms with Gasteiger partial charge in [0.15, 0.2) is 0 Å². The van der Waals surface area contributed by atoms with Crippen LogP contribution in [0.25, 0.3) is 0 Å². The fourth-order valence-electron chi connectivity index (χ4n) is 5.16. The van der Waals surface area contributed by atoms with Crippen molar-refractivity contribution in [2.24, 2.45) is 0 Å². The van der Waals surface area contributed by atoms with Crippen LogP contribution in [0.15, 0.2) is 18.2 Å². The molecule has 3 aliphatic rings. The molecule has 196 valence electrons. The molecule has 4 heterocycles. The van der Waals surface area contributed by atoms with Crippen LogP contribution >= 0.6 is 23.2 Å². The standard InChI is InChI=1S/C24H31Cl2F2N7O/c25-17-4-3-16(19(26)11-17)12-30-22-18-13-29-6-5-20(18)31-23(32-22)35-10-9-34(36)14-21(35)24(27,28)15-33-7-1-2-8-33/h3-4,11,21,29,36H,1-2,5-10,12-15H2,(H,30,31,32). The van der Waals surface area contributed by atoms with E-state index >= 15 is 8.78 Å². The summed E-state index contributed by atoms with van der Waals surface area (Å²) in [6, 6.07) is 4.06. The molecule has 0 radical (unpaired) electrons. The van der Waals surface area contributed by atoms with Crippen molar-refractivity contribution in [1.29, 1.82) is 0 Å². The molecule has 1 unspecified atom stereocenters. The highest BCUT2D eigenvalue weighted by Crippen LogP contribution is 2.33. The third-order valence-corrected chi connectivity index (χ3v) is 7.71. The zero-order valence-electron chi connectivity index (χ0n) is 20.0. The van der Waals surface area contributed by atoms with Crippen LogP contribution in [0.3, 0.4) is 0 Å². The van der Waals surface area contributed by atoms with Gasteiger partial charge in [-0.1, -0.05) is 29.3 Å². The van der Waals surface area contributed by atoms with Crippen molar-refractivity contribution in [1.82, 2.24) is 25.2 Å². The SMILES string of the molecule is ON1CCN(c2nc3c(c(NCc4ccc(Cl)cc4Cl)n2)CNCC3)C(C(F)(F)CN2CCCC2)C1. The van der Waals surface area contributed by atoms with E-state index in [1.807, 2.05) is 6.07 Å². The number of rotatable bonds is 7. The first-order valence-electron chi connectivity index (χ1n) is 12.4. The normalized spacial score (nSPS) is 21.6. The predicted octanol–water partition coefficient (Wildman–Crippen LogP) is 3.65. The van der Waals surface area contributed by atoms with Gasteiger partial charge in [0.2, 0.25) is 5.95 Å². The number of hydrogen-bond donors (Lipinski definition) is 3. The molecule has 0 spiro atoms. The Morgan fingerprint density at radius 1 is 1.14 bits per heavy atom. The highest BCUT2D eigenvalue weighted by atomic mass is 35.5. The fourth-order valence-corrected chi connectivity index (χ4v) is 5.64. The lowest BCUT2D eigenvalue weighted by molar-refractivity contribution is -0.141. The number of nitrogens with one attached hydrogen (secondary N) is 2.